The minimum atomic E-state index is -0.597. The van der Waals surface area contributed by atoms with Crippen molar-refractivity contribution in [3.63, 3.8) is 0 Å². The number of benzene rings is 1. The number of nitriles is 2. The lowest BCUT2D eigenvalue weighted by atomic mass is 10.2. The van der Waals surface area contributed by atoms with E-state index in [1.807, 2.05) is 12.1 Å². The normalized spacial score (nSPS) is 11.6. The molecule has 8 nitrogen and oxygen atoms in total. The van der Waals surface area contributed by atoms with Crippen LogP contribution in [0.5, 0.6) is 11.5 Å². The van der Waals surface area contributed by atoms with Gasteiger partial charge in [-0.25, -0.2) is 9.59 Å². The molecule has 1 aliphatic rings. The Bertz CT molecular complexity index is 1230. The summed E-state index contributed by atoms with van der Waals surface area (Å²) in [7, 11) is 0. The molecule has 0 unspecified atom stereocenters. The first kappa shape index (κ1) is 21.1. The number of hydrogen-bond acceptors (Lipinski definition) is 10. The van der Waals surface area contributed by atoms with Crippen molar-refractivity contribution in [3.05, 3.63) is 82.1 Å². The number of fused-ring (bicyclic) bond motifs is 1. The maximum absolute atomic E-state index is 12.5. The predicted molar refractivity (Wildman–Crippen MR) is 115 cm³/mol. The van der Waals surface area contributed by atoms with Gasteiger partial charge in [0.25, 0.3) is 0 Å². The van der Waals surface area contributed by atoms with Crippen molar-refractivity contribution < 1.29 is 19.1 Å². The molecule has 0 fully saturated rings. The van der Waals surface area contributed by atoms with Crippen molar-refractivity contribution in [3.8, 4) is 23.6 Å². The zero-order valence-electron chi connectivity index (χ0n) is 16.0. The van der Waals surface area contributed by atoms with Gasteiger partial charge in [0.05, 0.1) is 25.2 Å². The van der Waals surface area contributed by atoms with Crippen molar-refractivity contribution in [1.29, 1.82) is 10.5 Å². The third-order valence-electron chi connectivity index (χ3n) is 4.09. The van der Waals surface area contributed by atoms with Gasteiger partial charge in [-0.15, -0.1) is 0 Å². The van der Waals surface area contributed by atoms with Crippen LogP contribution in [0.25, 0.3) is 0 Å². The number of allylic oxidation sites excluding steroid dienone is 1. The number of nitrogens with zero attached hydrogens (tertiary/aromatic N) is 4. The molecular weight excluding hydrogens is 448 g/mol. The topological polar surface area (TPSA) is 126 Å². The van der Waals surface area contributed by atoms with Crippen molar-refractivity contribution in [2.45, 2.75) is 9.79 Å². The third kappa shape index (κ3) is 4.32. The quantitative estimate of drug-likeness (QED) is 0.316. The number of hydrogen-bond donors (Lipinski definition) is 0. The van der Waals surface area contributed by atoms with Crippen molar-refractivity contribution >= 4 is 35.5 Å². The Balaban J connectivity index is 1.70. The van der Waals surface area contributed by atoms with E-state index < -0.39 is 11.9 Å². The molecule has 154 valence electrons. The van der Waals surface area contributed by atoms with Crippen LogP contribution in [0.4, 0.5) is 0 Å². The number of pyridine rings is 2. The molecule has 0 spiro atoms. The molecule has 0 saturated carbocycles. The molecule has 10 heteroatoms. The Morgan fingerprint density at radius 3 is 1.50 bits per heavy atom. The zero-order chi connectivity index (χ0) is 22.5. The second-order valence-corrected chi connectivity index (χ2v) is 8.36. The number of aromatic nitrogens is 2. The first-order valence-electron chi connectivity index (χ1n) is 8.92. The summed E-state index contributed by atoms with van der Waals surface area (Å²) in [6, 6.07) is 12.8. The first-order chi connectivity index (χ1) is 15.6. The van der Waals surface area contributed by atoms with E-state index in [2.05, 4.69) is 9.97 Å². The SMILES string of the molecule is N#CC(C#N)=C1Sc2c(OC(=O)c3ccncc3)ccc(OC(=O)c3ccncc3)c2S1. The fourth-order valence-electron chi connectivity index (χ4n) is 2.60. The van der Waals surface area contributed by atoms with Gasteiger partial charge in [-0.2, -0.15) is 10.5 Å². The number of esters is 2. The Kier molecular flexibility index (Phi) is 6.17. The largest absolute Gasteiger partial charge is 0.422 e. The molecule has 0 aliphatic carbocycles. The van der Waals surface area contributed by atoms with Crippen LogP contribution in [0, 0.1) is 22.7 Å². The van der Waals surface area contributed by atoms with Crippen LogP contribution in [-0.4, -0.2) is 21.9 Å². The molecule has 1 aromatic carbocycles. The smallest absolute Gasteiger partial charge is 0.343 e. The summed E-state index contributed by atoms with van der Waals surface area (Å²) in [5, 5.41) is 18.5. The maximum Gasteiger partial charge on any atom is 0.343 e. The highest BCUT2D eigenvalue weighted by Gasteiger charge is 2.30. The van der Waals surface area contributed by atoms with Gasteiger partial charge < -0.3 is 9.47 Å². The summed E-state index contributed by atoms with van der Waals surface area (Å²) >= 11 is 2.20. The lowest BCUT2D eigenvalue weighted by molar-refractivity contribution is 0.0711. The Morgan fingerprint density at radius 1 is 0.719 bits per heavy atom. The summed E-state index contributed by atoms with van der Waals surface area (Å²) in [5.41, 5.74) is 0.528. The predicted octanol–water partition coefficient (Wildman–Crippen LogP) is 4.37. The van der Waals surface area contributed by atoms with Gasteiger partial charge in [-0.05, 0) is 36.4 Å². The van der Waals surface area contributed by atoms with E-state index in [4.69, 9.17) is 9.47 Å². The van der Waals surface area contributed by atoms with Crippen LogP contribution in [-0.2, 0) is 0 Å². The lowest BCUT2D eigenvalue weighted by Crippen LogP contribution is -2.11. The molecule has 0 atom stereocenters. The van der Waals surface area contributed by atoms with E-state index in [1.165, 1.54) is 61.2 Å². The molecule has 1 aliphatic heterocycles. The second-order valence-electron chi connectivity index (χ2n) is 6.06. The number of thioether (sulfide) groups is 2. The fraction of sp³-hybridized carbons (Fsp3) is 0. The van der Waals surface area contributed by atoms with Crippen LogP contribution in [0.15, 0.2) is 80.8 Å². The summed E-state index contributed by atoms with van der Waals surface area (Å²) in [6.07, 6.45) is 5.89. The molecule has 0 saturated heterocycles. The van der Waals surface area contributed by atoms with E-state index in [9.17, 15) is 20.1 Å². The van der Waals surface area contributed by atoms with Gasteiger partial charge >= 0.3 is 11.9 Å². The molecule has 0 bridgehead atoms. The number of ether oxygens (including phenoxy) is 2. The van der Waals surface area contributed by atoms with E-state index in [-0.39, 0.29) is 17.1 Å². The molecule has 3 heterocycles. The van der Waals surface area contributed by atoms with Crippen molar-refractivity contribution in [2.75, 3.05) is 0 Å². The summed E-state index contributed by atoms with van der Waals surface area (Å²) in [5.74, 6) is -0.763. The minimum Gasteiger partial charge on any atom is -0.422 e. The monoisotopic (exact) mass is 458 g/mol. The van der Waals surface area contributed by atoms with Gasteiger partial charge in [0.1, 0.15) is 29.2 Å². The maximum atomic E-state index is 12.5. The number of carbonyl (C=O) groups excluding carboxylic acids is 2. The Hall–Kier alpha value is -4.12. The van der Waals surface area contributed by atoms with Gasteiger partial charge in [0, 0.05) is 24.8 Å². The average Bonchev–Trinajstić information content (AvgIpc) is 3.28. The van der Waals surface area contributed by atoms with E-state index >= 15 is 0 Å². The van der Waals surface area contributed by atoms with E-state index in [0.717, 1.165) is 23.5 Å². The van der Waals surface area contributed by atoms with E-state index in [0.29, 0.717) is 25.2 Å². The van der Waals surface area contributed by atoms with Gasteiger partial charge in [0.2, 0.25) is 0 Å². The molecule has 0 N–H and O–H groups in total. The van der Waals surface area contributed by atoms with Crippen LogP contribution in [0.1, 0.15) is 20.7 Å². The van der Waals surface area contributed by atoms with Gasteiger partial charge in [0.15, 0.2) is 0 Å². The summed E-state index contributed by atoms with van der Waals surface area (Å²) in [4.78, 5) is 33.7. The zero-order valence-corrected chi connectivity index (χ0v) is 17.6. The van der Waals surface area contributed by atoms with Crippen molar-refractivity contribution in [2.24, 2.45) is 0 Å². The van der Waals surface area contributed by atoms with Gasteiger partial charge in [-0.3, -0.25) is 9.97 Å². The standard InChI is InChI=1S/C22H10N4O4S2/c23-11-15(12-24)22-31-18-16(29-20(27)13-3-7-25-8-4-13)1-2-17(19(18)32-22)30-21(28)14-5-9-26-10-6-14/h1-10H. The first-order valence-corrected chi connectivity index (χ1v) is 10.6. The Morgan fingerprint density at radius 2 is 1.12 bits per heavy atom. The average molecular weight is 458 g/mol. The molecule has 3 aromatic rings. The Labute approximate surface area is 190 Å². The highest BCUT2D eigenvalue weighted by Crippen LogP contribution is 2.58. The highest BCUT2D eigenvalue weighted by atomic mass is 32.2. The summed E-state index contributed by atoms with van der Waals surface area (Å²) in [6.45, 7) is 0. The number of rotatable bonds is 4. The lowest BCUT2D eigenvalue weighted by Gasteiger charge is -2.12. The van der Waals surface area contributed by atoms with Gasteiger partial charge in [-0.1, -0.05) is 23.5 Å². The molecular formula is C22H10N4O4S2. The fourth-order valence-corrected chi connectivity index (χ4v) is 5.08. The second kappa shape index (κ2) is 9.35. The van der Waals surface area contributed by atoms with Crippen LogP contribution in [0.2, 0.25) is 0 Å². The summed E-state index contributed by atoms with van der Waals surface area (Å²) < 4.78 is 11.5. The van der Waals surface area contributed by atoms with Crippen LogP contribution in [0.3, 0.4) is 0 Å². The number of carbonyl (C=O) groups is 2. The molecule has 0 amide bonds. The van der Waals surface area contributed by atoms with Crippen molar-refractivity contribution in [1.82, 2.24) is 9.97 Å². The molecule has 4 rings (SSSR count). The highest BCUT2D eigenvalue weighted by molar-refractivity contribution is 8.24. The third-order valence-corrected chi connectivity index (χ3v) is 6.72. The molecule has 2 aromatic heterocycles. The molecule has 0 radical (unpaired) electrons. The molecule has 32 heavy (non-hydrogen) atoms. The van der Waals surface area contributed by atoms with Crippen LogP contribution >= 0.6 is 23.5 Å². The van der Waals surface area contributed by atoms with Crippen LogP contribution < -0.4 is 9.47 Å². The van der Waals surface area contributed by atoms with E-state index in [1.54, 1.807) is 0 Å². The minimum absolute atomic E-state index is 0.0889.